The lowest BCUT2D eigenvalue weighted by atomic mass is 9.96. The highest BCUT2D eigenvalue weighted by molar-refractivity contribution is 6.01. The van der Waals surface area contributed by atoms with Crippen molar-refractivity contribution in [3.63, 3.8) is 0 Å². The van der Waals surface area contributed by atoms with E-state index in [1.54, 1.807) is 4.90 Å². The van der Waals surface area contributed by atoms with Gasteiger partial charge in [-0.15, -0.1) is 0 Å². The second kappa shape index (κ2) is 9.48. The third kappa shape index (κ3) is 4.92. The van der Waals surface area contributed by atoms with Gasteiger partial charge in [0.05, 0.1) is 5.92 Å². The zero-order valence-electron chi connectivity index (χ0n) is 19.0. The number of aliphatic carboxylic acids is 1. The van der Waals surface area contributed by atoms with E-state index < -0.39 is 17.9 Å². The van der Waals surface area contributed by atoms with Gasteiger partial charge in [-0.25, -0.2) is 0 Å². The average Bonchev–Trinajstić information content (AvgIpc) is 3.14. The molecule has 33 heavy (non-hydrogen) atoms. The van der Waals surface area contributed by atoms with Crippen LogP contribution in [0.15, 0.2) is 54.6 Å². The number of carbonyl (C=O) groups is 3. The normalized spacial score (nSPS) is 15.4. The van der Waals surface area contributed by atoms with Crippen LogP contribution in [0, 0.1) is 12.8 Å². The molecule has 1 unspecified atom stereocenters. The molecule has 2 heterocycles. The average molecular weight is 448 g/mol. The summed E-state index contributed by atoms with van der Waals surface area (Å²) in [6.45, 7) is 2.77. The number of piperidine rings is 1. The quantitative estimate of drug-likeness (QED) is 0.607. The Morgan fingerprint density at radius 3 is 2.42 bits per heavy atom. The molecule has 1 fully saturated rings. The summed E-state index contributed by atoms with van der Waals surface area (Å²) in [5, 5.41) is 13.2. The lowest BCUT2D eigenvalue weighted by molar-refractivity contribution is -0.146. The number of likely N-dealkylation sites (tertiary alicyclic amines) is 1. The fraction of sp³-hybridized carbons (Fsp3) is 0.346. The number of amides is 2. The molecule has 7 nitrogen and oxygen atoms in total. The van der Waals surface area contributed by atoms with Crippen LogP contribution in [0.2, 0.25) is 0 Å². The van der Waals surface area contributed by atoms with Crippen molar-refractivity contribution in [1.29, 1.82) is 0 Å². The predicted octanol–water partition coefficient (Wildman–Crippen LogP) is 3.15. The monoisotopic (exact) mass is 447 g/mol. The first-order valence-electron chi connectivity index (χ1n) is 11.3. The molecule has 4 rings (SSSR count). The smallest absolute Gasteiger partial charge is 0.306 e. The molecule has 1 aliphatic heterocycles. The number of rotatable bonds is 6. The maximum absolute atomic E-state index is 13.4. The van der Waals surface area contributed by atoms with Crippen LogP contribution in [-0.2, 0) is 23.1 Å². The van der Waals surface area contributed by atoms with Crippen molar-refractivity contribution in [3.05, 3.63) is 71.4 Å². The molecule has 0 bridgehead atoms. The van der Waals surface area contributed by atoms with Crippen molar-refractivity contribution in [3.8, 4) is 0 Å². The number of carboxylic acid groups (broad SMARTS) is 1. The summed E-state index contributed by atoms with van der Waals surface area (Å²) in [5.41, 5.74) is 3.50. The number of nitrogens with one attached hydrogen (secondary N) is 1. The van der Waals surface area contributed by atoms with Gasteiger partial charge in [-0.3, -0.25) is 14.4 Å². The van der Waals surface area contributed by atoms with Crippen LogP contribution in [-0.4, -0.2) is 51.5 Å². The van der Waals surface area contributed by atoms with E-state index in [1.807, 2.05) is 73.1 Å². The third-order valence-corrected chi connectivity index (χ3v) is 6.47. The molecule has 1 aromatic heterocycles. The maximum atomic E-state index is 13.4. The van der Waals surface area contributed by atoms with Crippen LogP contribution in [0.4, 0.5) is 0 Å². The molecule has 7 heteroatoms. The Balaban J connectivity index is 1.56. The molecule has 2 N–H and O–H groups in total. The van der Waals surface area contributed by atoms with Crippen LogP contribution in [0.5, 0.6) is 0 Å². The molecule has 1 saturated heterocycles. The number of benzene rings is 2. The van der Waals surface area contributed by atoms with E-state index >= 15 is 0 Å². The molecule has 0 spiro atoms. The lowest BCUT2D eigenvalue weighted by Crippen LogP contribution is -2.52. The number of fused-ring (bicyclic) bond motifs is 1. The highest BCUT2D eigenvalue weighted by atomic mass is 16.4. The minimum atomic E-state index is -0.817. The van der Waals surface area contributed by atoms with Crippen LogP contribution in [0.25, 0.3) is 10.9 Å². The fourth-order valence-electron chi connectivity index (χ4n) is 4.54. The molecule has 172 valence electrons. The van der Waals surface area contributed by atoms with Crippen LogP contribution < -0.4 is 5.32 Å². The number of nitrogens with zero attached hydrogens (tertiary/aromatic N) is 2. The van der Waals surface area contributed by atoms with E-state index in [0.29, 0.717) is 38.0 Å². The highest BCUT2D eigenvalue weighted by Crippen LogP contribution is 2.22. The molecular weight excluding hydrogens is 418 g/mol. The van der Waals surface area contributed by atoms with Crippen molar-refractivity contribution < 1.29 is 19.5 Å². The van der Waals surface area contributed by atoms with Crippen molar-refractivity contribution in [2.75, 3.05) is 13.1 Å². The Bertz CT molecular complexity index is 1180. The zero-order valence-corrected chi connectivity index (χ0v) is 19.0. The Morgan fingerprint density at radius 1 is 1.06 bits per heavy atom. The van der Waals surface area contributed by atoms with Crippen LogP contribution in [0.1, 0.15) is 34.5 Å². The van der Waals surface area contributed by atoms with Gasteiger partial charge in [0.2, 0.25) is 5.91 Å². The predicted molar refractivity (Wildman–Crippen MR) is 126 cm³/mol. The summed E-state index contributed by atoms with van der Waals surface area (Å²) >= 11 is 0. The van der Waals surface area contributed by atoms with Crippen molar-refractivity contribution in [1.82, 2.24) is 14.8 Å². The molecule has 2 aromatic carbocycles. The standard InChI is InChI=1S/C26H29N3O4/c1-17-8-9-22-20(14-17)16-23(28(22)2)24(30)27-21(15-18-6-4-3-5-7-18)25(31)29-12-10-19(11-13-29)26(32)33/h3-9,14,16,19,21H,10-13,15H2,1-2H3,(H,27,30)(H,32,33). The summed E-state index contributed by atoms with van der Waals surface area (Å²) in [6.07, 6.45) is 1.22. The number of carboxylic acids is 1. The summed E-state index contributed by atoms with van der Waals surface area (Å²) in [6, 6.07) is 16.7. The maximum Gasteiger partial charge on any atom is 0.306 e. The molecule has 0 radical (unpaired) electrons. The molecule has 0 saturated carbocycles. The molecule has 0 aliphatic carbocycles. The van der Waals surface area contributed by atoms with Gasteiger partial charge in [0.15, 0.2) is 0 Å². The molecule has 1 atom stereocenters. The van der Waals surface area contributed by atoms with Crippen LogP contribution >= 0.6 is 0 Å². The molecule has 3 aromatic rings. The minimum Gasteiger partial charge on any atom is -0.481 e. The second-order valence-electron chi connectivity index (χ2n) is 8.80. The summed E-state index contributed by atoms with van der Waals surface area (Å²) in [4.78, 5) is 39.6. The first kappa shape index (κ1) is 22.6. The first-order chi connectivity index (χ1) is 15.8. The van der Waals surface area contributed by atoms with E-state index in [2.05, 4.69) is 5.32 Å². The van der Waals surface area contributed by atoms with E-state index in [-0.39, 0.29) is 11.8 Å². The molecular formula is C26H29N3O4. The molecule has 1 aliphatic rings. The number of carbonyl (C=O) groups excluding carboxylic acids is 2. The number of aryl methyl sites for hydroxylation is 2. The zero-order chi connectivity index (χ0) is 23.5. The highest BCUT2D eigenvalue weighted by Gasteiger charge is 2.32. The van der Waals surface area contributed by atoms with Gasteiger partial charge < -0.3 is 19.9 Å². The Morgan fingerprint density at radius 2 is 1.76 bits per heavy atom. The van der Waals surface area contributed by atoms with Gasteiger partial charge >= 0.3 is 5.97 Å². The summed E-state index contributed by atoms with van der Waals surface area (Å²) in [5.74, 6) is -1.72. The van der Waals surface area contributed by atoms with Crippen molar-refractivity contribution in [2.24, 2.45) is 13.0 Å². The van der Waals surface area contributed by atoms with Gasteiger partial charge in [0.25, 0.3) is 5.91 Å². The van der Waals surface area contributed by atoms with E-state index in [0.717, 1.165) is 22.0 Å². The van der Waals surface area contributed by atoms with Gasteiger partial charge in [-0.1, -0.05) is 42.0 Å². The van der Waals surface area contributed by atoms with Crippen molar-refractivity contribution in [2.45, 2.75) is 32.2 Å². The summed E-state index contributed by atoms with van der Waals surface area (Å²) < 4.78 is 1.84. The Labute approximate surface area is 193 Å². The van der Waals surface area contributed by atoms with E-state index in [4.69, 9.17) is 0 Å². The Kier molecular flexibility index (Phi) is 6.49. The van der Waals surface area contributed by atoms with Crippen LogP contribution in [0.3, 0.4) is 0 Å². The van der Waals surface area contributed by atoms with Gasteiger partial charge in [0, 0.05) is 37.5 Å². The van der Waals surface area contributed by atoms with Crippen molar-refractivity contribution >= 4 is 28.7 Å². The SMILES string of the molecule is Cc1ccc2c(c1)cc(C(=O)NC(Cc1ccccc1)C(=O)N1CCC(C(=O)O)CC1)n2C. The van der Waals surface area contributed by atoms with Gasteiger partial charge in [0.1, 0.15) is 11.7 Å². The fourth-order valence-corrected chi connectivity index (χ4v) is 4.54. The van der Waals surface area contributed by atoms with Gasteiger partial charge in [-0.05, 0) is 43.5 Å². The molecule has 2 amide bonds. The Hall–Kier alpha value is -3.61. The van der Waals surface area contributed by atoms with E-state index in [1.165, 1.54) is 0 Å². The number of aromatic nitrogens is 1. The van der Waals surface area contributed by atoms with Gasteiger partial charge in [-0.2, -0.15) is 0 Å². The second-order valence-corrected chi connectivity index (χ2v) is 8.80. The minimum absolute atomic E-state index is 0.175. The third-order valence-electron chi connectivity index (χ3n) is 6.47. The van der Waals surface area contributed by atoms with E-state index in [9.17, 15) is 19.5 Å². The number of hydrogen-bond donors (Lipinski definition) is 2. The first-order valence-corrected chi connectivity index (χ1v) is 11.3. The lowest BCUT2D eigenvalue weighted by Gasteiger charge is -2.33. The summed E-state index contributed by atoms with van der Waals surface area (Å²) in [7, 11) is 1.84. The number of hydrogen-bond acceptors (Lipinski definition) is 3. The topological polar surface area (TPSA) is 91.6 Å². The largest absolute Gasteiger partial charge is 0.481 e.